The molecule has 0 saturated carbocycles. The van der Waals surface area contributed by atoms with E-state index in [2.05, 4.69) is 282 Å². The Morgan fingerprint density at radius 2 is 0.908 bits per heavy atom. The van der Waals surface area contributed by atoms with Gasteiger partial charge in [-0.15, -0.1) is 0 Å². The number of hydrogen-bond acceptors (Lipinski definition) is 2. The van der Waals surface area contributed by atoms with E-state index >= 15 is 0 Å². The maximum atomic E-state index is 6.85. The lowest BCUT2D eigenvalue weighted by atomic mass is 9.70. The van der Waals surface area contributed by atoms with Crippen LogP contribution in [0.3, 0.4) is 0 Å². The lowest BCUT2D eigenvalue weighted by molar-refractivity contribution is 0.669. The van der Waals surface area contributed by atoms with Gasteiger partial charge in [-0.1, -0.05) is 206 Å². The minimum absolute atomic E-state index is 0.568. The number of fused-ring (bicyclic) bond motifs is 17. The third-order valence-corrected chi connectivity index (χ3v) is 16.4. The van der Waals surface area contributed by atoms with Crippen LogP contribution in [0.1, 0.15) is 22.3 Å². The fourth-order valence-corrected chi connectivity index (χ4v) is 13.2. The van der Waals surface area contributed by atoms with Crippen molar-refractivity contribution < 1.29 is 4.42 Å². The Labute approximate surface area is 440 Å². The maximum absolute atomic E-state index is 6.85. The summed E-state index contributed by atoms with van der Waals surface area (Å²) in [6, 6.07) is 103. The zero-order chi connectivity index (χ0) is 49.9. The highest BCUT2D eigenvalue weighted by atomic mass is 16.3. The number of nitrogens with zero attached hydrogens (tertiary/aromatic N) is 2. The summed E-state index contributed by atoms with van der Waals surface area (Å²) in [7, 11) is 0. The van der Waals surface area contributed by atoms with Crippen molar-refractivity contribution in [1.82, 2.24) is 4.57 Å². The van der Waals surface area contributed by atoms with Crippen molar-refractivity contribution in [3.63, 3.8) is 0 Å². The van der Waals surface area contributed by atoms with E-state index in [4.69, 9.17) is 4.42 Å². The molecule has 2 aromatic heterocycles. The fraction of sp³-hybridized carbons (Fsp3) is 0.0137. The zero-order valence-corrected chi connectivity index (χ0v) is 41.4. The first kappa shape index (κ1) is 42.5. The van der Waals surface area contributed by atoms with Crippen LogP contribution >= 0.6 is 0 Å². The van der Waals surface area contributed by atoms with Crippen molar-refractivity contribution in [2.75, 3.05) is 4.90 Å². The molecule has 0 aliphatic heterocycles. The molecule has 354 valence electrons. The molecule has 3 heteroatoms. The smallest absolute Gasteiger partial charge is 0.159 e. The first-order valence-corrected chi connectivity index (χ1v) is 26.2. The summed E-state index contributed by atoms with van der Waals surface area (Å²) in [4.78, 5) is 2.39. The summed E-state index contributed by atoms with van der Waals surface area (Å²) in [6.45, 7) is 0. The van der Waals surface area contributed by atoms with Crippen LogP contribution in [0, 0.1) is 0 Å². The van der Waals surface area contributed by atoms with Gasteiger partial charge in [-0.3, -0.25) is 0 Å². The average molecular weight is 967 g/mol. The second kappa shape index (κ2) is 16.5. The number of hydrogen-bond donors (Lipinski definition) is 0. The van der Waals surface area contributed by atoms with Gasteiger partial charge in [0.1, 0.15) is 5.58 Å². The Balaban J connectivity index is 0.945. The van der Waals surface area contributed by atoms with Crippen molar-refractivity contribution in [2.24, 2.45) is 0 Å². The molecule has 0 N–H and O–H groups in total. The Hall–Kier alpha value is -9.96. The van der Waals surface area contributed by atoms with Gasteiger partial charge in [0.2, 0.25) is 0 Å². The number of furan rings is 1. The van der Waals surface area contributed by atoms with Crippen LogP contribution in [0.2, 0.25) is 0 Å². The Morgan fingerprint density at radius 3 is 1.68 bits per heavy atom. The van der Waals surface area contributed by atoms with Gasteiger partial charge in [-0.05, 0) is 151 Å². The van der Waals surface area contributed by atoms with Crippen LogP contribution in [0.25, 0.3) is 105 Å². The molecule has 76 heavy (non-hydrogen) atoms. The van der Waals surface area contributed by atoms with E-state index in [1.807, 2.05) is 6.07 Å². The van der Waals surface area contributed by atoms with Gasteiger partial charge in [0.05, 0.1) is 22.1 Å². The van der Waals surface area contributed by atoms with Crippen molar-refractivity contribution in [1.29, 1.82) is 0 Å². The Morgan fingerprint density at radius 1 is 0.329 bits per heavy atom. The van der Waals surface area contributed by atoms with Gasteiger partial charge in [0, 0.05) is 38.6 Å². The average Bonchev–Trinajstić information content (AvgIpc) is 4.24. The predicted molar refractivity (Wildman–Crippen MR) is 315 cm³/mol. The predicted octanol–water partition coefficient (Wildman–Crippen LogP) is 19.5. The minimum atomic E-state index is -0.568. The third-order valence-electron chi connectivity index (χ3n) is 16.4. The Kier molecular flexibility index (Phi) is 9.25. The highest BCUT2D eigenvalue weighted by Crippen LogP contribution is 2.65. The van der Waals surface area contributed by atoms with Gasteiger partial charge in [0.15, 0.2) is 5.58 Å². The molecule has 0 fully saturated rings. The van der Waals surface area contributed by atoms with Crippen molar-refractivity contribution >= 4 is 60.8 Å². The molecule has 1 spiro atoms. The number of rotatable bonds is 7. The molecule has 3 nitrogen and oxygen atoms in total. The van der Waals surface area contributed by atoms with Crippen LogP contribution in [0.5, 0.6) is 0 Å². The third kappa shape index (κ3) is 6.11. The first-order chi connectivity index (χ1) is 37.7. The highest BCUT2D eigenvalue weighted by molar-refractivity contribution is 6.19. The molecule has 12 aromatic carbocycles. The normalized spacial score (nSPS) is 14.1. The molecule has 2 aliphatic carbocycles. The first-order valence-electron chi connectivity index (χ1n) is 26.2. The van der Waals surface area contributed by atoms with Crippen LogP contribution < -0.4 is 4.90 Å². The molecule has 2 aliphatic rings. The quantitative estimate of drug-likeness (QED) is 0.159. The Bertz CT molecular complexity index is 4630. The molecular weight excluding hydrogens is 921 g/mol. The molecule has 0 amide bonds. The van der Waals surface area contributed by atoms with E-state index < -0.39 is 5.41 Å². The van der Waals surface area contributed by atoms with Crippen molar-refractivity contribution in [3.8, 4) is 61.3 Å². The van der Waals surface area contributed by atoms with E-state index in [1.165, 1.54) is 71.9 Å². The van der Waals surface area contributed by atoms with E-state index in [-0.39, 0.29) is 0 Å². The SMILES string of the molecule is c1ccc(-c2ccc(N(c3cc(-c4ccccc4)cc(-c4ccc5c(c4)C4(c6ccccc6-5)c5ccccc5-c5c4ccc4c5c5ccccc5n4-c4ccccc4)c3)c3cccc4c3oc3ccccc34)cc2)cc1. The molecule has 0 bridgehead atoms. The lowest BCUT2D eigenvalue weighted by Gasteiger charge is -2.31. The second-order valence-electron chi connectivity index (χ2n) is 20.3. The summed E-state index contributed by atoms with van der Waals surface area (Å²) in [5.41, 5.74) is 25.1. The van der Waals surface area contributed by atoms with Crippen LogP contribution in [0.15, 0.2) is 283 Å². The number of benzene rings is 12. The van der Waals surface area contributed by atoms with Gasteiger partial charge in [0.25, 0.3) is 0 Å². The molecular formula is C73H46N2O. The van der Waals surface area contributed by atoms with Crippen molar-refractivity contribution in [3.05, 3.63) is 301 Å². The summed E-state index contributed by atoms with van der Waals surface area (Å²) >= 11 is 0. The standard InChI is InChI=1S/C73H46N2O/c1-4-19-47(20-5-1)49-35-38-54(39-36-49)74(68-33-18-29-59-58-26-13-17-34-69(58)76-72(59)68)55-44-51(48-21-6-2-7-22-48)43-52(45-55)50-37-40-57-56-25-10-14-30-62(56)73(65(57)46-50)63-31-15-11-27-60(63)70-64(73)41-42-67-71(70)61-28-12-16-32-66(61)75(67)53-23-8-3-9-24-53/h1-46H. The molecule has 0 radical (unpaired) electrons. The summed E-state index contributed by atoms with van der Waals surface area (Å²) in [5.74, 6) is 0. The number of para-hydroxylation sites is 4. The molecule has 14 aromatic rings. The fourth-order valence-electron chi connectivity index (χ4n) is 13.2. The summed E-state index contributed by atoms with van der Waals surface area (Å²) in [5, 5.41) is 4.73. The topological polar surface area (TPSA) is 21.3 Å². The summed E-state index contributed by atoms with van der Waals surface area (Å²) < 4.78 is 9.30. The van der Waals surface area contributed by atoms with E-state index in [9.17, 15) is 0 Å². The highest BCUT2D eigenvalue weighted by Gasteiger charge is 2.52. The van der Waals surface area contributed by atoms with Crippen molar-refractivity contribution in [2.45, 2.75) is 5.41 Å². The molecule has 2 heterocycles. The van der Waals surface area contributed by atoms with Crippen LogP contribution in [-0.4, -0.2) is 4.57 Å². The second-order valence-corrected chi connectivity index (χ2v) is 20.3. The van der Waals surface area contributed by atoms with E-state index in [0.717, 1.165) is 72.5 Å². The van der Waals surface area contributed by atoms with Gasteiger partial charge in [-0.2, -0.15) is 0 Å². The lowest BCUT2D eigenvalue weighted by Crippen LogP contribution is -2.25. The molecule has 0 saturated heterocycles. The maximum Gasteiger partial charge on any atom is 0.159 e. The minimum Gasteiger partial charge on any atom is -0.454 e. The molecule has 16 rings (SSSR count). The summed E-state index contributed by atoms with van der Waals surface area (Å²) in [6.07, 6.45) is 0. The number of aromatic nitrogens is 1. The van der Waals surface area contributed by atoms with Gasteiger partial charge >= 0.3 is 0 Å². The van der Waals surface area contributed by atoms with Crippen LogP contribution in [-0.2, 0) is 5.41 Å². The largest absolute Gasteiger partial charge is 0.454 e. The molecule has 1 unspecified atom stereocenters. The molecule has 1 atom stereocenters. The van der Waals surface area contributed by atoms with E-state index in [0.29, 0.717) is 0 Å². The van der Waals surface area contributed by atoms with Gasteiger partial charge in [-0.25, -0.2) is 0 Å². The monoisotopic (exact) mass is 966 g/mol. The van der Waals surface area contributed by atoms with E-state index in [1.54, 1.807) is 0 Å². The number of anilines is 3. The van der Waals surface area contributed by atoms with Crippen LogP contribution in [0.4, 0.5) is 17.1 Å². The zero-order valence-electron chi connectivity index (χ0n) is 41.4. The van der Waals surface area contributed by atoms with Gasteiger partial charge < -0.3 is 13.9 Å².